The molecular weight excluding hydrogens is 586 g/mol. The molecule has 1 atom stereocenters. The average Bonchev–Trinajstić information content (AvgIpc) is 3.05. The molecule has 0 aliphatic heterocycles. The Morgan fingerprint density at radius 1 is 0.574 bits per heavy atom. The van der Waals surface area contributed by atoms with Gasteiger partial charge in [0.2, 0.25) is 5.91 Å². The monoisotopic (exact) mass is 658 g/mol. The molecule has 2 N–H and O–H groups in total. The van der Waals surface area contributed by atoms with Crippen LogP contribution >= 0.6 is 0 Å². The number of hydrogen-bond acceptors (Lipinski definition) is 4. The lowest BCUT2D eigenvalue weighted by Gasteiger charge is -2.18. The molecule has 0 radical (unpaired) electrons. The fraction of sp³-hybridized carbons (Fsp3) is 0.732. The van der Waals surface area contributed by atoms with Gasteiger partial charge in [-0.25, -0.2) is 0 Å². The molecule has 1 amide bonds. The van der Waals surface area contributed by atoms with E-state index >= 15 is 0 Å². The molecule has 0 spiro atoms. The third-order valence-electron chi connectivity index (χ3n) is 8.27. The number of amides is 1. The molecular formula is C41H71NO5. The summed E-state index contributed by atoms with van der Waals surface area (Å²) in [7, 11) is 0. The van der Waals surface area contributed by atoms with E-state index in [1.807, 2.05) is 0 Å². The van der Waals surface area contributed by atoms with Crippen molar-refractivity contribution < 1.29 is 24.2 Å². The van der Waals surface area contributed by atoms with Gasteiger partial charge in [-0.05, 0) is 77.0 Å². The number of esters is 1. The van der Waals surface area contributed by atoms with E-state index in [1.54, 1.807) is 0 Å². The Hall–Kier alpha value is -2.63. The van der Waals surface area contributed by atoms with Gasteiger partial charge in [0.05, 0.1) is 0 Å². The molecule has 0 heterocycles. The third kappa shape index (κ3) is 36.1. The lowest BCUT2D eigenvalue weighted by Crippen LogP contribution is -2.28. The summed E-state index contributed by atoms with van der Waals surface area (Å²) in [5.41, 5.74) is 0. The predicted octanol–water partition coefficient (Wildman–Crippen LogP) is 11.5. The molecule has 0 aromatic carbocycles. The van der Waals surface area contributed by atoms with Crippen molar-refractivity contribution in [2.75, 3.05) is 6.54 Å². The summed E-state index contributed by atoms with van der Waals surface area (Å²) >= 11 is 0. The van der Waals surface area contributed by atoms with Gasteiger partial charge in [-0.15, -0.1) is 0 Å². The van der Waals surface area contributed by atoms with Gasteiger partial charge < -0.3 is 15.2 Å². The van der Waals surface area contributed by atoms with Crippen molar-refractivity contribution in [1.82, 2.24) is 5.32 Å². The molecule has 6 heteroatoms. The molecule has 270 valence electrons. The van der Waals surface area contributed by atoms with Crippen LogP contribution in [0.25, 0.3) is 0 Å². The van der Waals surface area contributed by atoms with E-state index in [-0.39, 0.29) is 24.5 Å². The number of carboxylic acids is 1. The minimum Gasteiger partial charge on any atom is -0.480 e. The van der Waals surface area contributed by atoms with Crippen molar-refractivity contribution in [3.63, 3.8) is 0 Å². The van der Waals surface area contributed by atoms with Crippen LogP contribution in [0.15, 0.2) is 48.6 Å². The number of nitrogens with one attached hydrogen (secondary N) is 1. The van der Waals surface area contributed by atoms with Crippen molar-refractivity contribution in [1.29, 1.82) is 0 Å². The van der Waals surface area contributed by atoms with Gasteiger partial charge in [0.1, 0.15) is 12.6 Å². The molecule has 0 rings (SSSR count). The van der Waals surface area contributed by atoms with E-state index in [2.05, 4.69) is 67.8 Å². The zero-order valence-corrected chi connectivity index (χ0v) is 30.4. The molecule has 0 aromatic heterocycles. The Morgan fingerprint density at radius 3 is 1.60 bits per heavy atom. The van der Waals surface area contributed by atoms with Crippen LogP contribution < -0.4 is 5.32 Å². The van der Waals surface area contributed by atoms with Crippen LogP contribution in [0.1, 0.15) is 181 Å². The lowest BCUT2D eigenvalue weighted by atomic mass is 10.0. The Balaban J connectivity index is 4.30. The topological polar surface area (TPSA) is 92.7 Å². The number of unbranched alkanes of at least 4 members (excludes halogenated alkanes) is 15. The van der Waals surface area contributed by atoms with Gasteiger partial charge in [-0.3, -0.25) is 14.4 Å². The first kappa shape index (κ1) is 44.4. The number of allylic oxidation sites excluding steroid dienone is 8. The van der Waals surface area contributed by atoms with E-state index in [0.717, 1.165) is 103 Å². The molecule has 1 unspecified atom stereocenters. The first-order chi connectivity index (χ1) is 23.0. The molecule has 6 nitrogen and oxygen atoms in total. The van der Waals surface area contributed by atoms with Crippen LogP contribution in [-0.4, -0.2) is 35.6 Å². The van der Waals surface area contributed by atoms with E-state index < -0.39 is 5.97 Å². The summed E-state index contributed by atoms with van der Waals surface area (Å²) in [5, 5.41) is 11.1. The second-order valence-electron chi connectivity index (χ2n) is 12.8. The lowest BCUT2D eigenvalue weighted by molar-refractivity contribution is -0.150. The number of rotatable bonds is 34. The number of ether oxygens (including phenoxy) is 1. The molecule has 0 saturated carbocycles. The minimum absolute atomic E-state index is 0.00940. The number of carbonyl (C=O) groups is 3. The largest absolute Gasteiger partial charge is 0.480 e. The van der Waals surface area contributed by atoms with Gasteiger partial charge in [-0.1, -0.05) is 140 Å². The SMILES string of the molecule is CC/C=C\C/C=C\C/C=C\C/C=C\CCCCC(CCCCCCCC(=O)NCC(=O)O)OC(=O)CCCCCCCCCCCC. The normalized spacial score (nSPS) is 12.6. The van der Waals surface area contributed by atoms with Crippen molar-refractivity contribution in [2.45, 2.75) is 187 Å². The Kier molecular flexibility index (Phi) is 34.2. The smallest absolute Gasteiger partial charge is 0.322 e. The van der Waals surface area contributed by atoms with Crippen LogP contribution in [0.2, 0.25) is 0 Å². The predicted molar refractivity (Wildman–Crippen MR) is 198 cm³/mol. The molecule has 0 aromatic rings. The second kappa shape index (κ2) is 36.2. The van der Waals surface area contributed by atoms with E-state index in [9.17, 15) is 14.4 Å². The van der Waals surface area contributed by atoms with Crippen molar-refractivity contribution in [2.24, 2.45) is 0 Å². The molecule has 0 saturated heterocycles. The Morgan fingerprint density at radius 2 is 1.04 bits per heavy atom. The van der Waals surface area contributed by atoms with E-state index in [1.165, 1.54) is 51.4 Å². The van der Waals surface area contributed by atoms with Crippen LogP contribution in [0.4, 0.5) is 0 Å². The fourth-order valence-electron chi connectivity index (χ4n) is 5.45. The number of carboxylic acid groups (broad SMARTS) is 1. The molecule has 0 bridgehead atoms. The van der Waals surface area contributed by atoms with Crippen LogP contribution in [0, 0.1) is 0 Å². The van der Waals surface area contributed by atoms with Crippen molar-refractivity contribution in [3.05, 3.63) is 48.6 Å². The first-order valence-electron chi connectivity index (χ1n) is 19.3. The maximum Gasteiger partial charge on any atom is 0.322 e. The van der Waals surface area contributed by atoms with E-state index in [0.29, 0.717) is 12.8 Å². The summed E-state index contributed by atoms with van der Waals surface area (Å²) in [6, 6.07) is 0. The summed E-state index contributed by atoms with van der Waals surface area (Å²) in [4.78, 5) is 34.9. The second-order valence-corrected chi connectivity index (χ2v) is 12.8. The van der Waals surface area contributed by atoms with E-state index in [4.69, 9.17) is 9.84 Å². The van der Waals surface area contributed by atoms with Gasteiger partial charge in [0.15, 0.2) is 0 Å². The van der Waals surface area contributed by atoms with Gasteiger partial charge in [-0.2, -0.15) is 0 Å². The summed E-state index contributed by atoms with van der Waals surface area (Å²) in [5.74, 6) is -1.26. The maximum absolute atomic E-state index is 12.7. The van der Waals surface area contributed by atoms with Crippen LogP contribution in [0.3, 0.4) is 0 Å². The summed E-state index contributed by atoms with van der Waals surface area (Å²) in [6.07, 6.45) is 45.1. The third-order valence-corrected chi connectivity index (χ3v) is 8.27. The Bertz CT molecular complexity index is 860. The van der Waals surface area contributed by atoms with Gasteiger partial charge in [0.25, 0.3) is 0 Å². The van der Waals surface area contributed by atoms with Crippen molar-refractivity contribution >= 4 is 17.8 Å². The molecule has 0 aliphatic rings. The zero-order chi connectivity index (χ0) is 34.5. The first-order valence-corrected chi connectivity index (χ1v) is 19.3. The molecule has 0 aliphatic carbocycles. The quantitative estimate of drug-likeness (QED) is 0.0408. The molecule has 47 heavy (non-hydrogen) atoms. The maximum atomic E-state index is 12.7. The highest BCUT2D eigenvalue weighted by atomic mass is 16.5. The highest BCUT2D eigenvalue weighted by Crippen LogP contribution is 2.18. The molecule has 0 fully saturated rings. The number of hydrogen-bond donors (Lipinski definition) is 2. The Labute approximate surface area is 289 Å². The minimum atomic E-state index is -1.02. The van der Waals surface area contributed by atoms with Gasteiger partial charge in [0, 0.05) is 12.8 Å². The fourth-order valence-corrected chi connectivity index (χ4v) is 5.45. The average molecular weight is 658 g/mol. The van der Waals surface area contributed by atoms with Crippen LogP contribution in [-0.2, 0) is 19.1 Å². The van der Waals surface area contributed by atoms with Gasteiger partial charge >= 0.3 is 11.9 Å². The standard InChI is InChI=1S/C41H71NO5/c1-3-5-7-9-11-13-15-16-17-18-19-20-22-25-29-33-38(34-30-26-24-27-31-35-39(43)42-37-40(44)45)47-41(46)36-32-28-23-21-14-12-10-8-6-4-2/h5,7,11,13,16-17,19-20,38H,3-4,6,8-10,12,14-15,18,21-37H2,1-2H3,(H,42,43)(H,44,45)/b7-5-,13-11-,17-16-,20-19-. The summed E-state index contributed by atoms with van der Waals surface area (Å²) < 4.78 is 5.98. The highest BCUT2D eigenvalue weighted by Gasteiger charge is 2.14. The zero-order valence-electron chi connectivity index (χ0n) is 30.4. The number of aliphatic carboxylic acids is 1. The van der Waals surface area contributed by atoms with Crippen molar-refractivity contribution in [3.8, 4) is 0 Å². The summed E-state index contributed by atoms with van der Waals surface area (Å²) in [6.45, 7) is 4.09. The number of carbonyl (C=O) groups excluding carboxylic acids is 2. The highest BCUT2D eigenvalue weighted by molar-refractivity contribution is 5.80. The van der Waals surface area contributed by atoms with Crippen LogP contribution in [0.5, 0.6) is 0 Å².